The third-order valence-electron chi connectivity index (χ3n) is 6.79. The van der Waals surface area contributed by atoms with Gasteiger partial charge < -0.3 is 23.8 Å². The summed E-state index contributed by atoms with van der Waals surface area (Å²) in [5.41, 5.74) is 0.997. The Labute approximate surface area is 262 Å². The Morgan fingerprint density at radius 1 is 0.864 bits per heavy atom. The SMILES string of the molecule is COc1ccccc1Oc1ccc(N2C[C@H](C(=O)OCC(=O)c3ccc(OC(=O)c4ccc(Cl)cc4Cl)cc3)CC2=O)cc1. The smallest absolute Gasteiger partial charge is 0.345 e. The van der Waals surface area contributed by atoms with Crippen LogP contribution in [0.25, 0.3) is 0 Å². The normalized spacial score (nSPS) is 14.2. The zero-order valence-corrected chi connectivity index (χ0v) is 24.8. The summed E-state index contributed by atoms with van der Waals surface area (Å²) in [6.45, 7) is -0.381. The molecule has 1 heterocycles. The number of hydrogen-bond acceptors (Lipinski definition) is 8. The predicted octanol–water partition coefficient (Wildman–Crippen LogP) is 6.79. The molecule has 1 fully saturated rings. The maximum absolute atomic E-state index is 12.7. The van der Waals surface area contributed by atoms with E-state index in [2.05, 4.69) is 0 Å². The highest BCUT2D eigenvalue weighted by Gasteiger charge is 2.36. The molecule has 11 heteroatoms. The van der Waals surface area contributed by atoms with Crippen molar-refractivity contribution in [1.29, 1.82) is 0 Å². The van der Waals surface area contributed by atoms with Crippen molar-refractivity contribution in [2.75, 3.05) is 25.2 Å². The fourth-order valence-corrected chi connectivity index (χ4v) is 4.99. The van der Waals surface area contributed by atoms with E-state index >= 15 is 0 Å². The number of Topliss-reactive ketones (excluding diaryl/α,β-unsaturated/α-hetero) is 1. The van der Waals surface area contributed by atoms with Gasteiger partial charge in [0.25, 0.3) is 0 Å². The van der Waals surface area contributed by atoms with E-state index in [9.17, 15) is 19.2 Å². The second kappa shape index (κ2) is 13.6. The van der Waals surface area contributed by atoms with Gasteiger partial charge in [0, 0.05) is 29.2 Å². The number of benzene rings is 4. The number of ketones is 1. The maximum atomic E-state index is 12.7. The number of amides is 1. The molecule has 0 spiro atoms. The van der Waals surface area contributed by atoms with E-state index in [1.807, 2.05) is 12.1 Å². The van der Waals surface area contributed by atoms with Crippen LogP contribution in [0.1, 0.15) is 27.1 Å². The van der Waals surface area contributed by atoms with E-state index in [-0.39, 0.29) is 40.8 Å². The minimum atomic E-state index is -0.721. The monoisotopic (exact) mass is 633 g/mol. The molecule has 9 nitrogen and oxygen atoms in total. The molecule has 5 rings (SSSR count). The van der Waals surface area contributed by atoms with Crippen LogP contribution in [0, 0.1) is 5.92 Å². The highest BCUT2D eigenvalue weighted by Crippen LogP contribution is 2.33. The summed E-state index contributed by atoms with van der Waals surface area (Å²) in [5.74, 6) is -0.852. The fourth-order valence-electron chi connectivity index (χ4n) is 4.50. The van der Waals surface area contributed by atoms with Crippen LogP contribution in [-0.2, 0) is 14.3 Å². The first kappa shape index (κ1) is 30.6. The molecular weight excluding hydrogens is 609 g/mol. The Hall–Kier alpha value is -4.86. The molecule has 1 atom stereocenters. The van der Waals surface area contributed by atoms with Crippen molar-refractivity contribution in [2.45, 2.75) is 6.42 Å². The Morgan fingerprint density at radius 3 is 2.23 bits per heavy atom. The van der Waals surface area contributed by atoms with Gasteiger partial charge in [-0.25, -0.2) is 4.79 Å². The molecule has 4 aromatic carbocycles. The lowest BCUT2D eigenvalue weighted by atomic mass is 10.1. The number of methoxy groups -OCH3 is 1. The average molecular weight is 634 g/mol. The van der Waals surface area contributed by atoms with E-state index in [0.717, 1.165) is 0 Å². The number of carbonyl (C=O) groups is 4. The number of para-hydroxylation sites is 2. The van der Waals surface area contributed by atoms with Gasteiger partial charge in [0.2, 0.25) is 5.91 Å². The lowest BCUT2D eigenvalue weighted by molar-refractivity contribution is -0.147. The summed E-state index contributed by atoms with van der Waals surface area (Å²) in [7, 11) is 1.56. The lowest BCUT2D eigenvalue weighted by Gasteiger charge is -2.17. The molecular formula is C33H25Cl2NO8. The van der Waals surface area contributed by atoms with Gasteiger partial charge in [-0.3, -0.25) is 14.4 Å². The van der Waals surface area contributed by atoms with Crippen molar-refractivity contribution in [3.63, 3.8) is 0 Å². The number of ether oxygens (including phenoxy) is 4. The third kappa shape index (κ3) is 7.19. The van der Waals surface area contributed by atoms with Crippen molar-refractivity contribution in [3.05, 3.63) is 112 Å². The molecule has 1 aliphatic heterocycles. The molecule has 0 aromatic heterocycles. The molecule has 0 aliphatic carbocycles. The third-order valence-corrected chi connectivity index (χ3v) is 7.33. The van der Waals surface area contributed by atoms with Gasteiger partial charge in [0.05, 0.1) is 23.6 Å². The standard InChI is InChI=1S/C33H25Cl2NO8/c1-41-29-4-2-3-5-30(29)43-24-13-9-23(10-14-24)36-18-21(16-31(36)38)32(39)42-19-28(37)20-6-11-25(12-7-20)44-33(40)26-15-8-22(34)17-27(26)35/h2-15,17,21H,16,18-19H2,1H3/t21-/m1/s1. The lowest BCUT2D eigenvalue weighted by Crippen LogP contribution is -2.27. The van der Waals surface area contributed by atoms with Gasteiger partial charge in [-0.2, -0.15) is 0 Å². The second-order valence-electron chi connectivity index (χ2n) is 9.72. The van der Waals surface area contributed by atoms with Crippen LogP contribution in [-0.4, -0.2) is 43.9 Å². The first-order chi connectivity index (χ1) is 21.2. The topological polar surface area (TPSA) is 108 Å². The number of esters is 2. The highest BCUT2D eigenvalue weighted by atomic mass is 35.5. The molecule has 1 saturated heterocycles. The Balaban J connectivity index is 1.12. The average Bonchev–Trinajstić information content (AvgIpc) is 3.42. The van der Waals surface area contributed by atoms with Crippen molar-refractivity contribution in [1.82, 2.24) is 0 Å². The quantitative estimate of drug-likeness (QED) is 0.107. The summed E-state index contributed by atoms with van der Waals surface area (Å²) in [4.78, 5) is 51.9. The van der Waals surface area contributed by atoms with E-state index in [4.69, 9.17) is 42.1 Å². The van der Waals surface area contributed by atoms with Crippen molar-refractivity contribution >= 4 is 52.5 Å². The Morgan fingerprint density at radius 2 is 1.55 bits per heavy atom. The molecule has 44 heavy (non-hydrogen) atoms. The molecule has 0 radical (unpaired) electrons. The van der Waals surface area contributed by atoms with Gasteiger partial charge >= 0.3 is 11.9 Å². The first-order valence-electron chi connectivity index (χ1n) is 13.4. The van der Waals surface area contributed by atoms with Crippen LogP contribution < -0.4 is 19.1 Å². The zero-order valence-electron chi connectivity index (χ0n) is 23.3. The summed E-state index contributed by atoms with van der Waals surface area (Å²) in [5, 5.41) is 0.532. The summed E-state index contributed by atoms with van der Waals surface area (Å²) in [6.07, 6.45) is -0.0375. The Kier molecular flexibility index (Phi) is 9.47. The molecule has 0 unspecified atom stereocenters. The first-order valence-corrected chi connectivity index (χ1v) is 14.2. The molecule has 0 N–H and O–H groups in total. The fraction of sp³-hybridized carbons (Fsp3) is 0.152. The largest absolute Gasteiger partial charge is 0.493 e. The molecule has 4 aromatic rings. The zero-order chi connectivity index (χ0) is 31.2. The molecule has 224 valence electrons. The van der Waals surface area contributed by atoms with E-state index in [0.29, 0.717) is 28.0 Å². The van der Waals surface area contributed by atoms with Crippen molar-refractivity contribution in [2.24, 2.45) is 5.92 Å². The van der Waals surface area contributed by atoms with Gasteiger partial charge in [0.15, 0.2) is 23.9 Å². The van der Waals surface area contributed by atoms with Crippen molar-refractivity contribution < 1.29 is 38.1 Å². The summed E-state index contributed by atoms with van der Waals surface area (Å²) >= 11 is 11.9. The van der Waals surface area contributed by atoms with Gasteiger partial charge in [-0.1, -0.05) is 35.3 Å². The van der Waals surface area contributed by atoms with Crippen LogP contribution in [0.3, 0.4) is 0 Å². The number of nitrogens with zero attached hydrogens (tertiary/aromatic N) is 1. The van der Waals surface area contributed by atoms with Gasteiger partial charge in [-0.15, -0.1) is 0 Å². The number of carbonyl (C=O) groups excluding carboxylic acids is 4. The minimum Gasteiger partial charge on any atom is -0.493 e. The van der Waals surface area contributed by atoms with E-state index in [1.165, 1.54) is 47.4 Å². The van der Waals surface area contributed by atoms with E-state index in [1.54, 1.807) is 43.5 Å². The van der Waals surface area contributed by atoms with Crippen LogP contribution in [0.2, 0.25) is 10.0 Å². The molecule has 1 amide bonds. The molecule has 0 saturated carbocycles. The molecule has 0 bridgehead atoms. The summed E-state index contributed by atoms with van der Waals surface area (Å²) in [6, 6.07) is 24.3. The van der Waals surface area contributed by atoms with Crippen LogP contribution in [0.4, 0.5) is 5.69 Å². The maximum Gasteiger partial charge on any atom is 0.345 e. The van der Waals surface area contributed by atoms with Gasteiger partial charge in [0.1, 0.15) is 11.5 Å². The van der Waals surface area contributed by atoms with E-state index < -0.39 is 30.2 Å². The number of hydrogen-bond donors (Lipinski definition) is 0. The second-order valence-corrected chi connectivity index (χ2v) is 10.6. The highest BCUT2D eigenvalue weighted by molar-refractivity contribution is 6.36. The number of rotatable bonds is 10. The van der Waals surface area contributed by atoms with Crippen LogP contribution in [0.5, 0.6) is 23.0 Å². The predicted molar refractivity (Wildman–Crippen MR) is 163 cm³/mol. The summed E-state index contributed by atoms with van der Waals surface area (Å²) < 4.78 is 21.7. The van der Waals surface area contributed by atoms with Gasteiger partial charge in [-0.05, 0) is 78.9 Å². The van der Waals surface area contributed by atoms with Crippen LogP contribution in [0.15, 0.2) is 91.0 Å². The number of anilines is 1. The minimum absolute atomic E-state index is 0.0375. The number of halogens is 2. The Bertz CT molecular complexity index is 1710. The van der Waals surface area contributed by atoms with Crippen molar-refractivity contribution in [3.8, 4) is 23.0 Å². The molecule has 1 aliphatic rings. The van der Waals surface area contributed by atoms with Crippen LogP contribution >= 0.6 is 23.2 Å².